The zero-order chi connectivity index (χ0) is 23.1. The van der Waals surface area contributed by atoms with Gasteiger partial charge in [-0.3, -0.25) is 19.7 Å². The molecule has 0 saturated heterocycles. The second-order valence-corrected chi connectivity index (χ2v) is 6.90. The molecular formula is C23H22N2O7. The van der Waals surface area contributed by atoms with Gasteiger partial charge in [0.05, 0.1) is 24.1 Å². The molecule has 0 aliphatic carbocycles. The van der Waals surface area contributed by atoms with Gasteiger partial charge in [-0.1, -0.05) is 30.3 Å². The standard InChI is InChI=1S/C23H22N2O7/c1-15(23(27)24-19-14-17(25(28)29)8-11-21(19)30-2)31-22(26)13-10-18-9-12-20(32-18)16-6-4-3-5-7-16/h3-9,11-12,14-15H,10,13H2,1-2H3,(H,24,27). The number of carbonyl (C=O) groups excluding carboxylic acids is 2. The molecule has 166 valence electrons. The third-order valence-corrected chi connectivity index (χ3v) is 4.62. The van der Waals surface area contributed by atoms with Crippen LogP contribution in [0.1, 0.15) is 19.1 Å². The maximum atomic E-state index is 12.4. The van der Waals surface area contributed by atoms with Gasteiger partial charge in [0.1, 0.15) is 17.3 Å². The molecule has 3 rings (SSSR count). The molecule has 32 heavy (non-hydrogen) atoms. The van der Waals surface area contributed by atoms with Crippen LogP contribution in [0.25, 0.3) is 11.3 Å². The van der Waals surface area contributed by atoms with Gasteiger partial charge in [-0.25, -0.2) is 0 Å². The zero-order valence-electron chi connectivity index (χ0n) is 17.6. The summed E-state index contributed by atoms with van der Waals surface area (Å²) in [6.07, 6.45) is -0.763. The quantitative estimate of drug-likeness (QED) is 0.299. The molecule has 3 aromatic rings. The first-order valence-electron chi connectivity index (χ1n) is 9.84. The molecule has 9 nitrogen and oxygen atoms in total. The number of methoxy groups -OCH3 is 1. The molecule has 1 unspecified atom stereocenters. The van der Waals surface area contributed by atoms with E-state index >= 15 is 0 Å². The molecule has 1 heterocycles. The number of non-ortho nitro benzene ring substituents is 1. The number of nitrogens with one attached hydrogen (secondary N) is 1. The number of rotatable bonds is 9. The van der Waals surface area contributed by atoms with Gasteiger partial charge in [0.25, 0.3) is 11.6 Å². The summed E-state index contributed by atoms with van der Waals surface area (Å²) < 4.78 is 16.0. The Bertz CT molecular complexity index is 1110. The molecule has 9 heteroatoms. The first-order valence-corrected chi connectivity index (χ1v) is 9.84. The van der Waals surface area contributed by atoms with E-state index in [-0.39, 0.29) is 23.5 Å². The molecule has 0 spiro atoms. The normalized spacial score (nSPS) is 11.4. The largest absolute Gasteiger partial charge is 0.495 e. The molecule has 0 bridgehead atoms. The van der Waals surface area contributed by atoms with Gasteiger partial charge in [0.2, 0.25) is 0 Å². The second kappa shape index (κ2) is 10.3. The van der Waals surface area contributed by atoms with Crippen molar-refractivity contribution >= 4 is 23.3 Å². The fourth-order valence-corrected chi connectivity index (χ4v) is 2.95. The van der Waals surface area contributed by atoms with Gasteiger partial charge < -0.3 is 19.2 Å². The van der Waals surface area contributed by atoms with Crippen LogP contribution in [0.4, 0.5) is 11.4 Å². The molecule has 1 amide bonds. The average Bonchev–Trinajstić information content (AvgIpc) is 3.27. The van der Waals surface area contributed by atoms with Crippen LogP contribution in [0.15, 0.2) is 65.1 Å². The van der Waals surface area contributed by atoms with Crippen LogP contribution in [-0.4, -0.2) is 30.0 Å². The van der Waals surface area contributed by atoms with E-state index in [1.54, 1.807) is 6.07 Å². The number of aryl methyl sites for hydroxylation is 1. The van der Waals surface area contributed by atoms with E-state index in [9.17, 15) is 19.7 Å². The van der Waals surface area contributed by atoms with Crippen LogP contribution >= 0.6 is 0 Å². The highest BCUT2D eigenvalue weighted by Crippen LogP contribution is 2.29. The predicted octanol–water partition coefficient (Wildman–Crippen LogP) is 4.37. The molecule has 1 atom stereocenters. The lowest BCUT2D eigenvalue weighted by atomic mass is 10.2. The van der Waals surface area contributed by atoms with E-state index in [4.69, 9.17) is 13.9 Å². The molecule has 1 aromatic heterocycles. The van der Waals surface area contributed by atoms with Crippen LogP contribution in [-0.2, 0) is 20.7 Å². The lowest BCUT2D eigenvalue weighted by molar-refractivity contribution is -0.384. The Morgan fingerprint density at radius 1 is 1.12 bits per heavy atom. The Morgan fingerprint density at radius 2 is 1.88 bits per heavy atom. The summed E-state index contributed by atoms with van der Waals surface area (Å²) in [5.74, 6) is 0.360. The van der Waals surface area contributed by atoms with E-state index in [0.717, 1.165) is 5.56 Å². The number of nitro benzene ring substituents is 1. The summed E-state index contributed by atoms with van der Waals surface area (Å²) in [5.41, 5.74) is 0.834. The van der Waals surface area contributed by atoms with E-state index in [1.165, 1.54) is 32.2 Å². The Kier molecular flexibility index (Phi) is 7.22. The van der Waals surface area contributed by atoms with Crippen LogP contribution < -0.4 is 10.1 Å². The average molecular weight is 438 g/mol. The van der Waals surface area contributed by atoms with Crippen molar-refractivity contribution in [2.24, 2.45) is 0 Å². The van der Waals surface area contributed by atoms with Gasteiger partial charge in [0, 0.05) is 24.1 Å². The summed E-state index contributed by atoms with van der Waals surface area (Å²) in [5, 5.41) is 13.5. The number of ether oxygens (including phenoxy) is 2. The van der Waals surface area contributed by atoms with Gasteiger partial charge in [-0.2, -0.15) is 0 Å². The maximum absolute atomic E-state index is 12.4. The van der Waals surface area contributed by atoms with Crippen molar-refractivity contribution in [1.29, 1.82) is 0 Å². The first kappa shape index (κ1) is 22.5. The molecule has 1 N–H and O–H groups in total. The van der Waals surface area contributed by atoms with E-state index in [0.29, 0.717) is 17.9 Å². The van der Waals surface area contributed by atoms with Gasteiger partial charge in [-0.05, 0) is 25.1 Å². The lowest BCUT2D eigenvalue weighted by Gasteiger charge is -2.15. The summed E-state index contributed by atoms with van der Waals surface area (Å²) in [4.78, 5) is 34.9. The minimum atomic E-state index is -1.11. The van der Waals surface area contributed by atoms with Crippen LogP contribution in [0.5, 0.6) is 5.75 Å². The number of hydrogen-bond acceptors (Lipinski definition) is 7. The van der Waals surface area contributed by atoms with E-state index < -0.39 is 22.9 Å². The Morgan fingerprint density at radius 3 is 2.56 bits per heavy atom. The number of esters is 1. The second-order valence-electron chi connectivity index (χ2n) is 6.90. The summed E-state index contributed by atoms with van der Waals surface area (Å²) in [7, 11) is 1.37. The van der Waals surface area contributed by atoms with Crippen molar-refractivity contribution in [2.75, 3.05) is 12.4 Å². The minimum Gasteiger partial charge on any atom is -0.495 e. The van der Waals surface area contributed by atoms with Crippen molar-refractivity contribution in [1.82, 2.24) is 0 Å². The summed E-state index contributed by atoms with van der Waals surface area (Å²) >= 11 is 0. The molecule has 0 fully saturated rings. The topological polar surface area (TPSA) is 121 Å². The van der Waals surface area contributed by atoms with Crippen LogP contribution in [0.3, 0.4) is 0 Å². The molecular weight excluding hydrogens is 416 g/mol. The maximum Gasteiger partial charge on any atom is 0.307 e. The Labute approximate surface area is 184 Å². The van der Waals surface area contributed by atoms with Gasteiger partial charge in [0.15, 0.2) is 6.10 Å². The number of nitrogens with zero attached hydrogens (tertiary/aromatic N) is 1. The summed E-state index contributed by atoms with van der Waals surface area (Å²) in [6.45, 7) is 1.41. The Balaban J connectivity index is 1.53. The van der Waals surface area contributed by atoms with Gasteiger partial charge in [-0.15, -0.1) is 0 Å². The van der Waals surface area contributed by atoms with Crippen molar-refractivity contribution in [2.45, 2.75) is 25.9 Å². The molecule has 0 aliphatic rings. The number of hydrogen-bond donors (Lipinski definition) is 1. The number of amides is 1. The summed E-state index contributed by atoms with van der Waals surface area (Å²) in [6, 6.07) is 17.0. The number of benzene rings is 2. The van der Waals surface area contributed by atoms with Crippen molar-refractivity contribution in [3.63, 3.8) is 0 Å². The number of anilines is 1. The van der Waals surface area contributed by atoms with Gasteiger partial charge >= 0.3 is 5.97 Å². The first-order chi connectivity index (χ1) is 15.4. The number of carbonyl (C=O) groups is 2. The highest BCUT2D eigenvalue weighted by atomic mass is 16.6. The predicted molar refractivity (Wildman–Crippen MR) is 116 cm³/mol. The minimum absolute atomic E-state index is 0.0273. The molecule has 2 aromatic carbocycles. The number of nitro groups is 1. The van der Waals surface area contributed by atoms with E-state index in [2.05, 4.69) is 5.32 Å². The highest BCUT2D eigenvalue weighted by molar-refractivity contribution is 5.96. The van der Waals surface area contributed by atoms with Crippen molar-refractivity contribution in [3.8, 4) is 17.1 Å². The monoisotopic (exact) mass is 438 g/mol. The third kappa shape index (κ3) is 5.72. The molecule has 0 aliphatic heterocycles. The fourth-order valence-electron chi connectivity index (χ4n) is 2.95. The highest BCUT2D eigenvalue weighted by Gasteiger charge is 2.21. The zero-order valence-corrected chi connectivity index (χ0v) is 17.6. The van der Waals surface area contributed by atoms with Crippen LogP contribution in [0, 0.1) is 10.1 Å². The molecule has 0 radical (unpaired) electrons. The SMILES string of the molecule is COc1ccc([N+](=O)[O-])cc1NC(=O)C(C)OC(=O)CCc1ccc(-c2ccccc2)o1. The Hall–Kier alpha value is -4.14. The molecule has 0 saturated carbocycles. The smallest absolute Gasteiger partial charge is 0.307 e. The van der Waals surface area contributed by atoms with Crippen LogP contribution in [0.2, 0.25) is 0 Å². The van der Waals surface area contributed by atoms with Crippen molar-refractivity contribution < 1.29 is 28.4 Å². The number of furan rings is 1. The fraction of sp³-hybridized carbons (Fsp3) is 0.217. The lowest BCUT2D eigenvalue weighted by Crippen LogP contribution is -2.30. The van der Waals surface area contributed by atoms with Crippen molar-refractivity contribution in [3.05, 3.63) is 76.5 Å². The van der Waals surface area contributed by atoms with E-state index in [1.807, 2.05) is 36.4 Å². The third-order valence-electron chi connectivity index (χ3n) is 4.62.